The van der Waals surface area contributed by atoms with Crippen LogP contribution in [-0.4, -0.2) is 66.3 Å². The maximum atomic E-state index is 13.8. The zero-order valence-electron chi connectivity index (χ0n) is 29.9. The number of nitrogens with one attached hydrogen (secondary N) is 6. The fourth-order valence-electron chi connectivity index (χ4n) is 5.83. The quantitative estimate of drug-likeness (QED) is 0.179. The summed E-state index contributed by atoms with van der Waals surface area (Å²) in [7, 11) is 0. The van der Waals surface area contributed by atoms with E-state index in [2.05, 4.69) is 44.0 Å². The first kappa shape index (κ1) is 39.2. The van der Waals surface area contributed by atoms with Crippen LogP contribution >= 0.6 is 0 Å². The van der Waals surface area contributed by atoms with Gasteiger partial charge in [-0.05, 0) is 61.1 Å². The average Bonchev–Trinajstić information content (AvgIpc) is 3.06. The van der Waals surface area contributed by atoms with Crippen molar-refractivity contribution in [2.45, 2.75) is 110 Å². The second kappa shape index (κ2) is 19.7. The molecule has 0 radical (unpaired) electrons. The Morgan fingerprint density at radius 2 is 1.02 bits per heavy atom. The van der Waals surface area contributed by atoms with Gasteiger partial charge < -0.3 is 31.9 Å². The molecule has 0 spiro atoms. The lowest BCUT2D eigenvalue weighted by molar-refractivity contribution is -0.135. The molecule has 1 heterocycles. The van der Waals surface area contributed by atoms with E-state index >= 15 is 0 Å². The van der Waals surface area contributed by atoms with Crippen molar-refractivity contribution in [3.05, 3.63) is 71.8 Å². The second-order valence-corrected chi connectivity index (χ2v) is 14.1. The van der Waals surface area contributed by atoms with Gasteiger partial charge in [-0.3, -0.25) is 24.0 Å². The number of benzene rings is 2. The molecule has 0 aliphatic carbocycles. The van der Waals surface area contributed by atoms with Gasteiger partial charge in [0.05, 0.1) is 0 Å². The molecule has 11 heteroatoms. The van der Waals surface area contributed by atoms with Crippen molar-refractivity contribution in [3.8, 4) is 0 Å². The molecule has 1 fully saturated rings. The third-order valence-corrected chi connectivity index (χ3v) is 8.65. The van der Waals surface area contributed by atoms with E-state index in [1.165, 1.54) is 5.56 Å². The Labute approximate surface area is 291 Å². The molecule has 6 N–H and O–H groups in total. The van der Waals surface area contributed by atoms with E-state index in [1.807, 2.05) is 90.1 Å². The molecule has 2 aromatic rings. The summed E-state index contributed by atoms with van der Waals surface area (Å²) < 4.78 is 0. The molecule has 5 atom stereocenters. The summed E-state index contributed by atoms with van der Waals surface area (Å²) in [6, 6.07) is 14.5. The zero-order chi connectivity index (χ0) is 35.9. The molecule has 2 aromatic carbocycles. The molecule has 1 aliphatic heterocycles. The van der Waals surface area contributed by atoms with E-state index < -0.39 is 59.7 Å². The summed E-state index contributed by atoms with van der Waals surface area (Å²) in [6.45, 7) is 12.6. The zero-order valence-corrected chi connectivity index (χ0v) is 29.9. The summed E-state index contributed by atoms with van der Waals surface area (Å²) in [4.78, 5) is 68.9. The molecule has 3 rings (SSSR count). The molecule has 11 nitrogen and oxygen atoms in total. The minimum atomic E-state index is -1.01. The topological polar surface area (TPSA) is 158 Å². The van der Waals surface area contributed by atoms with E-state index in [9.17, 15) is 24.0 Å². The fraction of sp³-hybridized carbons (Fsp3) is 0.553. The largest absolute Gasteiger partial charge is 0.343 e. The van der Waals surface area contributed by atoms with Gasteiger partial charge >= 0.3 is 0 Å². The van der Waals surface area contributed by atoms with Gasteiger partial charge in [0.25, 0.3) is 0 Å². The van der Waals surface area contributed by atoms with Crippen LogP contribution < -0.4 is 31.9 Å². The van der Waals surface area contributed by atoms with Crippen molar-refractivity contribution in [3.63, 3.8) is 0 Å². The Hall–Kier alpha value is -4.25. The SMILES string of the molecule is CC(C)C[C@H]1NC(=O)[C@@H](C(C)C)NC(=O)[C@H](CCCCNCc2ccccc2)NC(=O)[C@H](C(C)C)NC(=O)[C@@H](Cc2ccccc2)NC1=O. The number of amides is 5. The molecular weight excluding hydrogens is 620 g/mol. The van der Waals surface area contributed by atoms with E-state index in [0.717, 1.165) is 25.1 Å². The minimum absolute atomic E-state index is 0.0466. The van der Waals surface area contributed by atoms with Crippen LogP contribution in [0.5, 0.6) is 0 Å². The van der Waals surface area contributed by atoms with E-state index in [4.69, 9.17) is 0 Å². The van der Waals surface area contributed by atoms with Crippen LogP contribution in [0.4, 0.5) is 0 Å². The van der Waals surface area contributed by atoms with Gasteiger partial charge in [-0.25, -0.2) is 0 Å². The molecule has 1 aliphatic rings. The summed E-state index contributed by atoms with van der Waals surface area (Å²) >= 11 is 0. The Morgan fingerprint density at radius 1 is 0.551 bits per heavy atom. The Morgan fingerprint density at radius 3 is 1.55 bits per heavy atom. The lowest BCUT2D eigenvalue weighted by Gasteiger charge is -2.28. The Kier molecular flexibility index (Phi) is 15.7. The highest BCUT2D eigenvalue weighted by molar-refractivity contribution is 5.98. The second-order valence-electron chi connectivity index (χ2n) is 14.1. The van der Waals surface area contributed by atoms with Gasteiger partial charge in [-0.2, -0.15) is 0 Å². The van der Waals surface area contributed by atoms with Crippen molar-refractivity contribution in [1.82, 2.24) is 31.9 Å². The van der Waals surface area contributed by atoms with Crippen molar-refractivity contribution in [1.29, 1.82) is 0 Å². The molecule has 0 aromatic heterocycles. The van der Waals surface area contributed by atoms with Crippen LogP contribution in [0, 0.1) is 17.8 Å². The van der Waals surface area contributed by atoms with Crippen molar-refractivity contribution in [2.24, 2.45) is 17.8 Å². The van der Waals surface area contributed by atoms with Crippen LogP contribution in [0.3, 0.4) is 0 Å². The van der Waals surface area contributed by atoms with Crippen LogP contribution in [0.15, 0.2) is 60.7 Å². The molecular formula is C38H56N6O5. The molecule has 0 bridgehead atoms. The first-order valence-electron chi connectivity index (χ1n) is 17.7. The molecule has 0 saturated carbocycles. The van der Waals surface area contributed by atoms with E-state index in [-0.39, 0.29) is 24.2 Å². The number of hydrogen-bond acceptors (Lipinski definition) is 6. The molecule has 268 valence electrons. The highest BCUT2D eigenvalue weighted by Crippen LogP contribution is 2.13. The number of carbonyl (C=O) groups excluding carboxylic acids is 5. The van der Waals surface area contributed by atoms with Crippen LogP contribution in [0.25, 0.3) is 0 Å². The maximum absolute atomic E-state index is 13.8. The van der Waals surface area contributed by atoms with Crippen molar-refractivity contribution in [2.75, 3.05) is 6.54 Å². The van der Waals surface area contributed by atoms with E-state index in [0.29, 0.717) is 19.3 Å². The summed E-state index contributed by atoms with van der Waals surface area (Å²) in [5.41, 5.74) is 2.00. The predicted molar refractivity (Wildman–Crippen MR) is 191 cm³/mol. The predicted octanol–water partition coefficient (Wildman–Crippen LogP) is 2.98. The maximum Gasteiger partial charge on any atom is 0.243 e. The number of hydrogen-bond donors (Lipinski definition) is 6. The standard InChI is InChI=1S/C38H56N6O5/c1-24(2)21-30-35(46)41-31(22-27-15-9-7-10-16-27)36(47)44-32(25(3)4)37(48)40-29(34(45)43-33(26(5)6)38(49)42-30)19-13-14-20-39-23-28-17-11-8-12-18-28/h7-12,15-18,24-26,29-33,39H,13-14,19-23H2,1-6H3,(H,40,48)(H,41,46)(H,42,49)(H,43,45)(H,44,47)/t29-,30+,31+,32-,33+/m0/s1. The van der Waals surface area contributed by atoms with Gasteiger partial charge in [0, 0.05) is 13.0 Å². The van der Waals surface area contributed by atoms with Crippen LogP contribution in [-0.2, 0) is 36.9 Å². The smallest absolute Gasteiger partial charge is 0.243 e. The van der Waals surface area contributed by atoms with Gasteiger partial charge in [0.15, 0.2) is 0 Å². The number of carbonyl (C=O) groups is 5. The summed E-state index contributed by atoms with van der Waals surface area (Å²) in [6.07, 6.45) is 2.24. The van der Waals surface area contributed by atoms with Gasteiger partial charge in [-0.15, -0.1) is 0 Å². The highest BCUT2D eigenvalue weighted by atomic mass is 16.2. The summed E-state index contributed by atoms with van der Waals surface area (Å²) in [5, 5.41) is 17.7. The molecule has 0 unspecified atom stereocenters. The average molecular weight is 677 g/mol. The first-order valence-corrected chi connectivity index (χ1v) is 17.7. The lowest BCUT2D eigenvalue weighted by Crippen LogP contribution is -2.59. The summed E-state index contributed by atoms with van der Waals surface area (Å²) in [5.74, 6) is -3.11. The number of unbranched alkanes of at least 4 members (excludes halogenated alkanes) is 1. The number of rotatable bonds is 13. The third kappa shape index (κ3) is 12.9. The van der Waals surface area contributed by atoms with Gasteiger partial charge in [-0.1, -0.05) is 102 Å². The molecule has 1 saturated heterocycles. The normalized spacial score (nSPS) is 22.9. The minimum Gasteiger partial charge on any atom is -0.343 e. The van der Waals surface area contributed by atoms with Gasteiger partial charge in [0.1, 0.15) is 30.2 Å². The third-order valence-electron chi connectivity index (χ3n) is 8.65. The Bertz CT molecular complexity index is 1370. The molecule has 5 amide bonds. The van der Waals surface area contributed by atoms with Crippen molar-refractivity contribution < 1.29 is 24.0 Å². The van der Waals surface area contributed by atoms with Gasteiger partial charge in [0.2, 0.25) is 29.5 Å². The van der Waals surface area contributed by atoms with Crippen LogP contribution in [0.2, 0.25) is 0 Å². The molecule has 49 heavy (non-hydrogen) atoms. The lowest BCUT2D eigenvalue weighted by atomic mass is 9.98. The monoisotopic (exact) mass is 676 g/mol. The van der Waals surface area contributed by atoms with Crippen LogP contribution in [0.1, 0.15) is 78.4 Å². The van der Waals surface area contributed by atoms with Crippen molar-refractivity contribution >= 4 is 29.5 Å². The first-order chi connectivity index (χ1) is 23.3. The van der Waals surface area contributed by atoms with E-state index in [1.54, 1.807) is 0 Å². The highest BCUT2D eigenvalue weighted by Gasteiger charge is 2.36. The fourth-order valence-corrected chi connectivity index (χ4v) is 5.83. The Balaban J connectivity index is 1.89.